The van der Waals surface area contributed by atoms with Crippen LogP contribution in [0.2, 0.25) is 0 Å². The number of carbonyl (C=O) groups is 1. The maximum Gasteiger partial charge on any atom is 0.323 e. The smallest absolute Gasteiger partial charge is 0.323 e. The summed E-state index contributed by atoms with van der Waals surface area (Å²) in [5.74, 6) is 1.48. The molecule has 1 aromatic heterocycles. The number of hydrogen-bond acceptors (Lipinski definition) is 6. The molecule has 8 heteroatoms. The fraction of sp³-hybridized carbons (Fsp3) is 0.630. The molecular formula is C27H38N4O3S. The van der Waals surface area contributed by atoms with Gasteiger partial charge in [0.25, 0.3) is 0 Å². The van der Waals surface area contributed by atoms with Crippen molar-refractivity contribution in [1.82, 2.24) is 14.8 Å². The van der Waals surface area contributed by atoms with E-state index < -0.39 is 0 Å². The number of piperazine rings is 1. The highest BCUT2D eigenvalue weighted by molar-refractivity contribution is 7.14. The molecule has 5 rings (SSSR count). The summed E-state index contributed by atoms with van der Waals surface area (Å²) in [5.41, 5.74) is 3.27. The molecule has 1 aliphatic carbocycles. The van der Waals surface area contributed by atoms with Crippen LogP contribution >= 0.6 is 11.3 Å². The standard InChI is InChI=1S/C27H38N4O3S/c1-2-34-25-9-8-21(20-6-4-3-5-7-20)18-23(25)24-19-35-26(28-24)29-27(32)31-14-12-30(13-15-31)22-10-16-33-17-11-22/h8-9,18-20,22H,2-7,10-17H2,1H3,(H,28,29,32). The quantitative estimate of drug-likeness (QED) is 0.563. The zero-order valence-electron chi connectivity index (χ0n) is 20.8. The lowest BCUT2D eigenvalue weighted by Crippen LogP contribution is -2.53. The molecule has 2 saturated heterocycles. The number of amides is 2. The number of benzene rings is 1. The lowest BCUT2D eigenvalue weighted by atomic mass is 9.83. The average Bonchev–Trinajstić information content (AvgIpc) is 3.38. The van der Waals surface area contributed by atoms with Crippen LogP contribution in [-0.4, -0.2) is 72.9 Å². The van der Waals surface area contributed by atoms with E-state index in [1.54, 1.807) is 0 Å². The van der Waals surface area contributed by atoms with Crippen molar-refractivity contribution in [1.29, 1.82) is 0 Å². The number of nitrogens with one attached hydrogen (secondary N) is 1. The molecule has 1 aromatic carbocycles. The van der Waals surface area contributed by atoms with Crippen LogP contribution in [0.3, 0.4) is 0 Å². The van der Waals surface area contributed by atoms with Gasteiger partial charge in [0.15, 0.2) is 5.13 Å². The number of nitrogens with zero attached hydrogens (tertiary/aromatic N) is 3. The van der Waals surface area contributed by atoms with E-state index in [1.807, 2.05) is 17.2 Å². The van der Waals surface area contributed by atoms with Crippen LogP contribution in [0, 0.1) is 0 Å². The maximum atomic E-state index is 12.9. The maximum absolute atomic E-state index is 12.9. The third-order valence-corrected chi connectivity index (χ3v) is 8.44. The summed E-state index contributed by atoms with van der Waals surface area (Å²) < 4.78 is 11.4. The first-order valence-electron chi connectivity index (χ1n) is 13.3. The van der Waals surface area contributed by atoms with E-state index in [2.05, 4.69) is 28.4 Å². The molecule has 1 N–H and O–H groups in total. The molecule has 0 radical (unpaired) electrons. The van der Waals surface area contributed by atoms with Crippen LogP contribution in [0.15, 0.2) is 23.6 Å². The van der Waals surface area contributed by atoms with E-state index in [9.17, 15) is 4.79 Å². The molecule has 3 fully saturated rings. The second-order valence-electron chi connectivity index (χ2n) is 9.86. The molecule has 0 spiro atoms. The van der Waals surface area contributed by atoms with E-state index in [0.29, 0.717) is 23.7 Å². The highest BCUT2D eigenvalue weighted by atomic mass is 32.1. The summed E-state index contributed by atoms with van der Waals surface area (Å²) in [4.78, 5) is 22.2. The number of hydrogen-bond donors (Lipinski definition) is 1. The predicted octanol–water partition coefficient (Wildman–Crippen LogP) is 5.59. The molecule has 2 aromatic rings. The Morgan fingerprint density at radius 3 is 2.63 bits per heavy atom. The Labute approximate surface area is 212 Å². The Kier molecular flexibility index (Phi) is 8.21. The monoisotopic (exact) mass is 498 g/mol. The first-order chi connectivity index (χ1) is 17.2. The summed E-state index contributed by atoms with van der Waals surface area (Å²) in [6, 6.07) is 7.12. The molecule has 0 atom stereocenters. The Bertz CT molecular complexity index is 977. The predicted molar refractivity (Wildman–Crippen MR) is 141 cm³/mol. The van der Waals surface area contributed by atoms with Crippen molar-refractivity contribution in [2.45, 2.75) is 63.8 Å². The lowest BCUT2D eigenvalue weighted by molar-refractivity contribution is 0.0194. The van der Waals surface area contributed by atoms with E-state index in [-0.39, 0.29) is 6.03 Å². The fourth-order valence-corrected chi connectivity index (χ4v) is 6.39. The van der Waals surface area contributed by atoms with Gasteiger partial charge in [-0.05, 0) is 56.2 Å². The van der Waals surface area contributed by atoms with Crippen LogP contribution < -0.4 is 10.1 Å². The summed E-state index contributed by atoms with van der Waals surface area (Å²) in [7, 11) is 0. The van der Waals surface area contributed by atoms with Gasteiger partial charge in [-0.2, -0.15) is 0 Å². The average molecular weight is 499 g/mol. The van der Waals surface area contributed by atoms with Gasteiger partial charge in [-0.15, -0.1) is 11.3 Å². The SMILES string of the molecule is CCOc1ccc(C2CCCCC2)cc1-c1csc(NC(=O)N2CCN(C3CCOCC3)CC2)n1. The van der Waals surface area contributed by atoms with Gasteiger partial charge in [-0.3, -0.25) is 10.2 Å². The van der Waals surface area contributed by atoms with Gasteiger partial charge in [-0.25, -0.2) is 9.78 Å². The van der Waals surface area contributed by atoms with Crippen LogP contribution in [0.5, 0.6) is 5.75 Å². The number of thiazole rings is 1. The number of ether oxygens (including phenoxy) is 2. The summed E-state index contributed by atoms with van der Waals surface area (Å²) >= 11 is 1.48. The van der Waals surface area contributed by atoms with Gasteiger partial charge in [0.05, 0.1) is 12.3 Å². The van der Waals surface area contributed by atoms with Crippen molar-refractivity contribution in [2.75, 3.05) is 51.3 Å². The van der Waals surface area contributed by atoms with Crippen molar-refractivity contribution in [2.24, 2.45) is 0 Å². The van der Waals surface area contributed by atoms with Gasteiger partial charge in [0, 0.05) is 56.4 Å². The van der Waals surface area contributed by atoms with E-state index in [4.69, 9.17) is 14.5 Å². The molecule has 2 aliphatic heterocycles. The summed E-state index contributed by atoms with van der Waals surface area (Å²) in [6.45, 7) is 7.67. The zero-order valence-corrected chi connectivity index (χ0v) is 21.7. The molecule has 3 aliphatic rings. The van der Waals surface area contributed by atoms with Gasteiger partial charge in [-0.1, -0.05) is 25.3 Å². The van der Waals surface area contributed by atoms with Crippen molar-refractivity contribution in [3.05, 3.63) is 29.1 Å². The zero-order chi connectivity index (χ0) is 24.0. The van der Waals surface area contributed by atoms with Gasteiger partial charge >= 0.3 is 6.03 Å². The minimum Gasteiger partial charge on any atom is -0.493 e. The minimum absolute atomic E-state index is 0.0569. The van der Waals surface area contributed by atoms with Gasteiger partial charge < -0.3 is 14.4 Å². The third-order valence-electron chi connectivity index (χ3n) is 7.68. The van der Waals surface area contributed by atoms with Crippen molar-refractivity contribution in [3.8, 4) is 17.0 Å². The van der Waals surface area contributed by atoms with Crippen molar-refractivity contribution >= 4 is 22.5 Å². The molecule has 2 amide bonds. The van der Waals surface area contributed by atoms with E-state index in [1.165, 1.54) is 49.0 Å². The Balaban J connectivity index is 1.23. The normalized spacial score (nSPS) is 20.7. The number of aromatic nitrogens is 1. The summed E-state index contributed by atoms with van der Waals surface area (Å²) in [6.07, 6.45) is 8.67. The van der Waals surface area contributed by atoms with Gasteiger partial charge in [0.2, 0.25) is 0 Å². The Morgan fingerprint density at radius 2 is 1.89 bits per heavy atom. The number of urea groups is 1. The Hall–Kier alpha value is -2.16. The molecular weight excluding hydrogens is 460 g/mol. The fourth-order valence-electron chi connectivity index (χ4n) is 5.68. The van der Waals surface area contributed by atoms with E-state index in [0.717, 1.165) is 69.2 Å². The molecule has 0 bridgehead atoms. The highest BCUT2D eigenvalue weighted by Gasteiger charge is 2.28. The molecule has 190 valence electrons. The lowest BCUT2D eigenvalue weighted by Gasteiger charge is -2.40. The first kappa shape index (κ1) is 24.5. The number of anilines is 1. The largest absolute Gasteiger partial charge is 0.493 e. The second kappa shape index (κ2) is 11.7. The van der Waals surface area contributed by atoms with Crippen LogP contribution in [0.4, 0.5) is 9.93 Å². The topological polar surface area (TPSA) is 66.9 Å². The number of rotatable bonds is 6. The highest BCUT2D eigenvalue weighted by Crippen LogP contribution is 2.39. The van der Waals surface area contributed by atoms with Crippen LogP contribution in [-0.2, 0) is 4.74 Å². The summed E-state index contributed by atoms with van der Waals surface area (Å²) in [5, 5.41) is 5.71. The second-order valence-corrected chi connectivity index (χ2v) is 10.7. The van der Waals surface area contributed by atoms with E-state index >= 15 is 0 Å². The Morgan fingerprint density at radius 1 is 1.11 bits per heavy atom. The molecule has 35 heavy (non-hydrogen) atoms. The molecule has 0 unspecified atom stereocenters. The van der Waals surface area contributed by atoms with Crippen molar-refractivity contribution in [3.63, 3.8) is 0 Å². The van der Waals surface area contributed by atoms with Crippen molar-refractivity contribution < 1.29 is 14.3 Å². The number of carbonyl (C=O) groups excluding carboxylic acids is 1. The molecule has 3 heterocycles. The first-order valence-corrected chi connectivity index (χ1v) is 14.2. The third kappa shape index (κ3) is 5.98. The van der Waals surface area contributed by atoms with Crippen LogP contribution in [0.25, 0.3) is 11.3 Å². The molecule has 7 nitrogen and oxygen atoms in total. The van der Waals surface area contributed by atoms with Crippen LogP contribution in [0.1, 0.15) is 63.4 Å². The minimum atomic E-state index is -0.0569. The molecule has 1 saturated carbocycles. The van der Waals surface area contributed by atoms with Gasteiger partial charge in [0.1, 0.15) is 5.75 Å².